The normalized spacial score (nSPS) is 14.6. The first kappa shape index (κ1) is 24.1. The summed E-state index contributed by atoms with van der Waals surface area (Å²) in [6.07, 6.45) is 1.68. The first-order valence-corrected chi connectivity index (χ1v) is 11.3. The number of carbonyl (C=O) groups excluding carboxylic acids is 4. The SMILES string of the molecule is COC(=O)c1cccc(-n2c(C)cc(C=C3SC(=O)N(Cc4ccc(C(=O)OC)o4)C3=O)c2C)c1. The molecule has 2 aromatic heterocycles. The second-order valence-electron chi connectivity index (χ2n) is 7.73. The van der Waals surface area contributed by atoms with E-state index < -0.39 is 23.1 Å². The van der Waals surface area contributed by atoms with Gasteiger partial charge in [-0.2, -0.15) is 0 Å². The number of imide groups is 1. The molecular formula is C25H22N2O7S. The molecule has 0 atom stereocenters. The molecule has 10 heteroatoms. The summed E-state index contributed by atoms with van der Waals surface area (Å²) in [6.45, 7) is 3.71. The molecule has 9 nitrogen and oxygen atoms in total. The van der Waals surface area contributed by atoms with Crippen molar-refractivity contribution in [1.29, 1.82) is 0 Å². The average Bonchev–Trinajstić information content (AvgIpc) is 3.51. The Bertz CT molecular complexity index is 1380. The number of nitrogens with zero attached hydrogens (tertiary/aromatic N) is 2. The van der Waals surface area contributed by atoms with Crippen molar-refractivity contribution in [3.63, 3.8) is 0 Å². The summed E-state index contributed by atoms with van der Waals surface area (Å²) in [5, 5.41) is -0.433. The molecule has 0 aliphatic carbocycles. The van der Waals surface area contributed by atoms with Crippen LogP contribution in [-0.2, 0) is 20.8 Å². The van der Waals surface area contributed by atoms with Crippen molar-refractivity contribution in [2.45, 2.75) is 20.4 Å². The molecule has 4 rings (SSSR count). The number of amides is 2. The largest absolute Gasteiger partial charge is 0.465 e. The molecule has 1 aliphatic rings. The van der Waals surface area contributed by atoms with Gasteiger partial charge in [0, 0.05) is 17.1 Å². The first-order valence-electron chi connectivity index (χ1n) is 10.5. The van der Waals surface area contributed by atoms with Crippen LogP contribution in [0, 0.1) is 13.8 Å². The van der Waals surface area contributed by atoms with Crippen molar-refractivity contribution < 1.29 is 33.1 Å². The lowest BCUT2D eigenvalue weighted by atomic mass is 10.2. The highest BCUT2D eigenvalue weighted by atomic mass is 32.2. The van der Waals surface area contributed by atoms with Crippen LogP contribution < -0.4 is 0 Å². The lowest BCUT2D eigenvalue weighted by Gasteiger charge is -2.11. The van der Waals surface area contributed by atoms with Crippen LogP contribution >= 0.6 is 11.8 Å². The van der Waals surface area contributed by atoms with Crippen molar-refractivity contribution in [2.75, 3.05) is 14.2 Å². The number of hydrogen-bond acceptors (Lipinski definition) is 8. The fraction of sp³-hybridized carbons (Fsp3) is 0.200. The number of benzene rings is 1. The number of methoxy groups -OCH3 is 2. The van der Waals surface area contributed by atoms with Gasteiger partial charge in [0.05, 0.1) is 31.2 Å². The van der Waals surface area contributed by atoms with Gasteiger partial charge in [-0.25, -0.2) is 9.59 Å². The Hall–Kier alpha value is -4.05. The van der Waals surface area contributed by atoms with Crippen LogP contribution in [-0.4, -0.2) is 46.8 Å². The minimum Gasteiger partial charge on any atom is -0.465 e. The van der Waals surface area contributed by atoms with Gasteiger partial charge in [-0.1, -0.05) is 6.07 Å². The van der Waals surface area contributed by atoms with Crippen molar-refractivity contribution in [2.24, 2.45) is 0 Å². The molecule has 1 fully saturated rings. The number of hydrogen-bond donors (Lipinski definition) is 0. The smallest absolute Gasteiger partial charge is 0.373 e. The Morgan fingerprint density at radius 2 is 1.77 bits per heavy atom. The summed E-state index contributed by atoms with van der Waals surface area (Å²) in [7, 11) is 2.56. The van der Waals surface area contributed by atoms with Crippen LogP contribution in [0.15, 0.2) is 51.8 Å². The van der Waals surface area contributed by atoms with Gasteiger partial charge in [0.15, 0.2) is 0 Å². The molecule has 0 N–H and O–H groups in total. The van der Waals surface area contributed by atoms with E-state index in [1.54, 1.807) is 24.3 Å². The number of thioether (sulfide) groups is 1. The molecule has 0 bridgehead atoms. The van der Waals surface area contributed by atoms with Crippen LogP contribution in [0.3, 0.4) is 0 Å². The monoisotopic (exact) mass is 494 g/mol. The maximum Gasteiger partial charge on any atom is 0.373 e. The summed E-state index contributed by atoms with van der Waals surface area (Å²) in [4.78, 5) is 50.4. The van der Waals surface area contributed by atoms with Crippen LogP contribution in [0.25, 0.3) is 11.8 Å². The molecule has 3 aromatic rings. The Labute approximate surface area is 205 Å². The van der Waals surface area contributed by atoms with Crippen molar-refractivity contribution in [3.8, 4) is 5.69 Å². The fourth-order valence-electron chi connectivity index (χ4n) is 3.83. The first-order chi connectivity index (χ1) is 16.7. The van der Waals surface area contributed by atoms with Crippen molar-refractivity contribution >= 4 is 40.9 Å². The minimum atomic E-state index is -0.641. The van der Waals surface area contributed by atoms with Crippen molar-refractivity contribution in [1.82, 2.24) is 9.47 Å². The zero-order valence-corrected chi connectivity index (χ0v) is 20.3. The number of carbonyl (C=O) groups is 4. The van der Waals surface area contributed by atoms with Gasteiger partial charge < -0.3 is 18.5 Å². The van der Waals surface area contributed by atoms with E-state index in [9.17, 15) is 19.2 Å². The molecule has 0 radical (unpaired) electrons. The van der Waals surface area contributed by atoms with E-state index in [0.717, 1.165) is 39.3 Å². The Balaban J connectivity index is 1.59. The van der Waals surface area contributed by atoms with E-state index in [1.165, 1.54) is 26.4 Å². The molecule has 3 heterocycles. The lowest BCUT2D eigenvalue weighted by Crippen LogP contribution is -2.27. The molecule has 35 heavy (non-hydrogen) atoms. The van der Waals surface area contributed by atoms with Gasteiger partial charge >= 0.3 is 11.9 Å². The van der Waals surface area contributed by atoms with Crippen LogP contribution in [0.4, 0.5) is 4.79 Å². The summed E-state index contributed by atoms with van der Waals surface area (Å²) in [5.41, 5.74) is 3.69. The van der Waals surface area contributed by atoms with E-state index in [1.807, 2.05) is 30.5 Å². The third kappa shape index (κ3) is 4.65. The summed E-state index contributed by atoms with van der Waals surface area (Å²) < 4.78 is 16.8. The number of ether oxygens (including phenoxy) is 2. The second kappa shape index (κ2) is 9.67. The fourth-order valence-corrected chi connectivity index (χ4v) is 4.66. The van der Waals surface area contributed by atoms with E-state index in [2.05, 4.69) is 4.74 Å². The Morgan fingerprint density at radius 3 is 2.49 bits per heavy atom. The van der Waals surface area contributed by atoms with Gasteiger partial charge in [0.25, 0.3) is 11.1 Å². The lowest BCUT2D eigenvalue weighted by molar-refractivity contribution is -0.123. The van der Waals surface area contributed by atoms with E-state index >= 15 is 0 Å². The van der Waals surface area contributed by atoms with Gasteiger partial charge in [0.2, 0.25) is 5.76 Å². The zero-order valence-electron chi connectivity index (χ0n) is 19.5. The van der Waals surface area contributed by atoms with Gasteiger partial charge in [-0.15, -0.1) is 0 Å². The molecule has 0 saturated carbocycles. The standard InChI is InChI=1S/C25H22N2O7S/c1-14-10-17(15(2)27(14)18-7-5-6-16(11-18)23(29)32-3)12-21-22(28)26(25(31)35-21)13-19-8-9-20(34-19)24(30)33-4/h5-12H,13H2,1-4H3. The number of furan rings is 1. The topological polar surface area (TPSA) is 108 Å². The zero-order chi connectivity index (χ0) is 25.3. The maximum absolute atomic E-state index is 13.0. The molecule has 180 valence electrons. The third-order valence-corrected chi connectivity index (χ3v) is 6.43. The number of rotatable bonds is 6. The number of aromatic nitrogens is 1. The van der Waals surface area contributed by atoms with Crippen LogP contribution in [0.5, 0.6) is 0 Å². The average molecular weight is 495 g/mol. The number of aryl methyl sites for hydroxylation is 1. The third-order valence-electron chi connectivity index (χ3n) is 5.52. The molecule has 0 unspecified atom stereocenters. The molecule has 2 amide bonds. The highest BCUT2D eigenvalue weighted by Crippen LogP contribution is 2.35. The van der Waals surface area contributed by atoms with E-state index in [0.29, 0.717) is 5.56 Å². The van der Waals surface area contributed by atoms with E-state index in [4.69, 9.17) is 9.15 Å². The van der Waals surface area contributed by atoms with Crippen LogP contribution in [0.1, 0.15) is 43.6 Å². The Morgan fingerprint density at radius 1 is 1.03 bits per heavy atom. The molecular weight excluding hydrogens is 472 g/mol. The quantitative estimate of drug-likeness (QED) is 0.364. The Kier molecular flexibility index (Phi) is 6.65. The second-order valence-corrected chi connectivity index (χ2v) is 8.72. The molecule has 1 saturated heterocycles. The van der Waals surface area contributed by atoms with Gasteiger partial charge in [0.1, 0.15) is 5.76 Å². The van der Waals surface area contributed by atoms with Crippen molar-refractivity contribution in [3.05, 3.63) is 81.4 Å². The highest BCUT2D eigenvalue weighted by molar-refractivity contribution is 8.18. The minimum absolute atomic E-state index is 0.00581. The predicted octanol–water partition coefficient (Wildman–Crippen LogP) is 4.50. The van der Waals surface area contributed by atoms with E-state index in [-0.39, 0.29) is 23.0 Å². The van der Waals surface area contributed by atoms with Gasteiger partial charge in [-0.3, -0.25) is 14.5 Å². The predicted molar refractivity (Wildman–Crippen MR) is 128 cm³/mol. The number of esters is 2. The molecule has 1 aromatic carbocycles. The summed E-state index contributed by atoms with van der Waals surface area (Å²) in [5.74, 6) is -1.24. The molecule has 1 aliphatic heterocycles. The maximum atomic E-state index is 13.0. The molecule has 0 spiro atoms. The van der Waals surface area contributed by atoms with Gasteiger partial charge in [-0.05, 0) is 73.6 Å². The summed E-state index contributed by atoms with van der Waals surface area (Å²) in [6, 6.07) is 11.9. The highest BCUT2D eigenvalue weighted by Gasteiger charge is 2.36. The van der Waals surface area contributed by atoms with Crippen LogP contribution in [0.2, 0.25) is 0 Å². The summed E-state index contributed by atoms with van der Waals surface area (Å²) >= 11 is 0.837.